The number of alkyl halides is 3. The number of nitrogens with one attached hydrogen (secondary N) is 2. The molecule has 0 aliphatic heterocycles. The van der Waals surface area contributed by atoms with E-state index in [1.165, 1.54) is 0 Å². The molecule has 0 fully saturated rings. The summed E-state index contributed by atoms with van der Waals surface area (Å²) in [5.74, 6) is 1.45. The van der Waals surface area contributed by atoms with Crippen molar-refractivity contribution < 1.29 is 17.9 Å². The van der Waals surface area contributed by atoms with E-state index in [0.29, 0.717) is 37.0 Å². The molecule has 0 spiro atoms. The van der Waals surface area contributed by atoms with E-state index < -0.39 is 11.9 Å². The Labute approximate surface area is 160 Å². The Balaban J connectivity index is 1.83. The van der Waals surface area contributed by atoms with Crippen LogP contribution in [0.15, 0.2) is 34.6 Å². The summed E-state index contributed by atoms with van der Waals surface area (Å²) in [6.45, 7) is 3.68. The lowest BCUT2D eigenvalue weighted by molar-refractivity contribution is -0.140. The van der Waals surface area contributed by atoms with Crippen LogP contribution in [0.1, 0.15) is 23.2 Å². The molecule has 2 rings (SSSR count). The molecule has 148 valence electrons. The first kappa shape index (κ1) is 21.0. The topological polar surface area (TPSA) is 58.5 Å². The predicted molar refractivity (Wildman–Crippen MR) is 101 cm³/mol. The number of benzene rings is 1. The lowest BCUT2D eigenvalue weighted by atomic mass is 10.1. The van der Waals surface area contributed by atoms with Gasteiger partial charge in [-0.15, -0.1) is 11.3 Å². The molecule has 1 aromatic heterocycles. The smallest absolute Gasteiger partial charge is 0.434 e. The van der Waals surface area contributed by atoms with Crippen molar-refractivity contribution in [2.45, 2.75) is 25.9 Å². The van der Waals surface area contributed by atoms with Gasteiger partial charge < -0.3 is 15.4 Å². The maximum Gasteiger partial charge on any atom is 0.434 e. The van der Waals surface area contributed by atoms with Gasteiger partial charge in [0.2, 0.25) is 0 Å². The molecule has 0 saturated heterocycles. The summed E-state index contributed by atoms with van der Waals surface area (Å²) in [6.07, 6.45) is -3.23. The van der Waals surface area contributed by atoms with Gasteiger partial charge in [-0.1, -0.05) is 12.1 Å². The van der Waals surface area contributed by atoms with Gasteiger partial charge >= 0.3 is 6.18 Å². The summed E-state index contributed by atoms with van der Waals surface area (Å²) < 4.78 is 42.9. The quantitative estimate of drug-likeness (QED) is 0.526. The zero-order valence-corrected chi connectivity index (χ0v) is 16.1. The zero-order valence-electron chi connectivity index (χ0n) is 15.3. The van der Waals surface area contributed by atoms with Crippen molar-refractivity contribution in [1.82, 2.24) is 15.6 Å². The highest BCUT2D eigenvalue weighted by atomic mass is 32.1. The van der Waals surface area contributed by atoms with Crippen molar-refractivity contribution >= 4 is 17.3 Å². The van der Waals surface area contributed by atoms with Crippen molar-refractivity contribution in [3.05, 3.63) is 45.9 Å². The molecule has 0 unspecified atom stereocenters. The van der Waals surface area contributed by atoms with E-state index >= 15 is 0 Å². The summed E-state index contributed by atoms with van der Waals surface area (Å²) in [6, 6.07) is 7.84. The maximum atomic E-state index is 12.6. The molecular weight excluding hydrogens is 377 g/mol. The molecule has 0 bridgehead atoms. The number of hydrogen-bond donors (Lipinski definition) is 2. The summed E-state index contributed by atoms with van der Waals surface area (Å²) in [5.41, 5.74) is 0.301. The van der Waals surface area contributed by atoms with Crippen LogP contribution in [0.5, 0.6) is 5.75 Å². The van der Waals surface area contributed by atoms with Crippen molar-refractivity contribution in [3.63, 3.8) is 0 Å². The molecule has 0 saturated carbocycles. The number of guanidine groups is 1. The highest BCUT2D eigenvalue weighted by Gasteiger charge is 2.33. The Hall–Kier alpha value is -2.29. The third-order valence-electron chi connectivity index (χ3n) is 3.62. The minimum Gasteiger partial charge on any atom is -0.497 e. The second-order valence-corrected chi connectivity index (χ2v) is 6.61. The molecule has 9 heteroatoms. The number of rotatable bonds is 8. The fourth-order valence-electron chi connectivity index (χ4n) is 2.31. The van der Waals surface area contributed by atoms with Gasteiger partial charge in [-0.25, -0.2) is 4.98 Å². The number of aliphatic imine (C=N–C) groups is 1. The monoisotopic (exact) mass is 400 g/mol. The summed E-state index contributed by atoms with van der Waals surface area (Å²) in [4.78, 5) is 8.01. The second kappa shape index (κ2) is 10.1. The molecule has 1 heterocycles. The molecule has 1 aromatic carbocycles. The minimum atomic E-state index is -4.39. The lowest BCUT2D eigenvalue weighted by Gasteiger charge is -2.11. The summed E-state index contributed by atoms with van der Waals surface area (Å²) >= 11 is 1.01. The normalized spacial score (nSPS) is 12.1. The number of ether oxygens (including phenoxy) is 1. The Morgan fingerprint density at radius 1 is 1.26 bits per heavy atom. The third kappa shape index (κ3) is 7.09. The van der Waals surface area contributed by atoms with E-state index in [1.54, 1.807) is 7.11 Å². The van der Waals surface area contributed by atoms with Crippen molar-refractivity contribution in [2.24, 2.45) is 4.99 Å². The van der Waals surface area contributed by atoms with Gasteiger partial charge in [0.15, 0.2) is 11.7 Å². The van der Waals surface area contributed by atoms with E-state index in [0.717, 1.165) is 34.5 Å². The van der Waals surface area contributed by atoms with Crippen LogP contribution in [0.25, 0.3) is 0 Å². The Bertz CT molecular complexity index is 746. The number of halogens is 3. The fourth-order valence-corrected chi connectivity index (χ4v) is 3.11. The first-order chi connectivity index (χ1) is 12.9. The molecular formula is C18H23F3N4OS. The molecule has 0 radical (unpaired) electrons. The summed E-state index contributed by atoms with van der Waals surface area (Å²) in [5, 5.41) is 7.82. The van der Waals surface area contributed by atoms with E-state index in [1.807, 2.05) is 31.2 Å². The van der Waals surface area contributed by atoms with Crippen molar-refractivity contribution in [3.8, 4) is 5.75 Å². The van der Waals surface area contributed by atoms with Gasteiger partial charge in [0.1, 0.15) is 5.75 Å². The van der Waals surface area contributed by atoms with Gasteiger partial charge in [0, 0.05) is 31.4 Å². The van der Waals surface area contributed by atoms with Gasteiger partial charge in [0.25, 0.3) is 0 Å². The second-order valence-electron chi connectivity index (χ2n) is 5.66. The molecule has 2 aromatic rings. The molecule has 0 atom stereocenters. The van der Waals surface area contributed by atoms with E-state index in [2.05, 4.69) is 20.6 Å². The van der Waals surface area contributed by atoms with E-state index in [4.69, 9.17) is 4.74 Å². The summed E-state index contributed by atoms with van der Waals surface area (Å²) in [7, 11) is 1.63. The lowest BCUT2D eigenvalue weighted by Crippen LogP contribution is -2.38. The number of aromatic nitrogens is 1. The Kier molecular flexibility index (Phi) is 7.90. The standard InChI is InChI=1S/C18H23F3N4OS/c1-3-22-17(23-9-7-13-5-4-6-14(11-13)26-2)24-10-8-16-25-15(12-27-16)18(19,20)21/h4-6,11-12H,3,7-10H2,1-2H3,(H2,22,23,24). The van der Waals surface area contributed by atoms with Gasteiger partial charge in [-0.3, -0.25) is 4.99 Å². The number of hydrogen-bond acceptors (Lipinski definition) is 4. The number of methoxy groups -OCH3 is 1. The molecule has 27 heavy (non-hydrogen) atoms. The molecule has 0 aliphatic carbocycles. The average molecular weight is 400 g/mol. The highest BCUT2D eigenvalue weighted by Crippen LogP contribution is 2.30. The fraction of sp³-hybridized carbons (Fsp3) is 0.444. The van der Waals surface area contributed by atoms with Crippen LogP contribution in [0.2, 0.25) is 0 Å². The first-order valence-electron chi connectivity index (χ1n) is 8.59. The van der Waals surface area contributed by atoms with Crippen LogP contribution in [0.4, 0.5) is 13.2 Å². The zero-order chi connectivity index (χ0) is 19.7. The highest BCUT2D eigenvalue weighted by molar-refractivity contribution is 7.09. The van der Waals surface area contributed by atoms with Gasteiger partial charge in [0.05, 0.1) is 12.1 Å². The minimum absolute atomic E-state index is 0.360. The molecule has 0 aliphatic rings. The van der Waals surface area contributed by atoms with Crippen LogP contribution in [-0.4, -0.2) is 37.7 Å². The van der Waals surface area contributed by atoms with Crippen LogP contribution >= 0.6 is 11.3 Å². The SMILES string of the molecule is CCNC(=NCCc1nc(C(F)(F)F)cs1)NCCc1cccc(OC)c1. The Morgan fingerprint density at radius 3 is 2.74 bits per heavy atom. The van der Waals surface area contributed by atoms with Crippen LogP contribution in [0.3, 0.4) is 0 Å². The maximum absolute atomic E-state index is 12.6. The number of nitrogens with zero attached hydrogens (tertiary/aromatic N) is 2. The van der Waals surface area contributed by atoms with Crippen LogP contribution < -0.4 is 15.4 Å². The van der Waals surface area contributed by atoms with Gasteiger partial charge in [-0.05, 0) is 31.0 Å². The van der Waals surface area contributed by atoms with Crippen LogP contribution in [-0.2, 0) is 19.0 Å². The van der Waals surface area contributed by atoms with Crippen LogP contribution in [0, 0.1) is 0 Å². The first-order valence-corrected chi connectivity index (χ1v) is 9.47. The Morgan fingerprint density at radius 2 is 2.07 bits per heavy atom. The molecule has 2 N–H and O–H groups in total. The average Bonchev–Trinajstić information content (AvgIpc) is 3.11. The predicted octanol–water partition coefficient (Wildman–Crippen LogP) is 3.51. The largest absolute Gasteiger partial charge is 0.497 e. The third-order valence-corrected chi connectivity index (χ3v) is 4.53. The molecule has 0 amide bonds. The van der Waals surface area contributed by atoms with E-state index in [9.17, 15) is 13.2 Å². The number of thiazole rings is 1. The van der Waals surface area contributed by atoms with Crippen molar-refractivity contribution in [1.29, 1.82) is 0 Å². The van der Waals surface area contributed by atoms with Gasteiger partial charge in [-0.2, -0.15) is 13.2 Å². The van der Waals surface area contributed by atoms with Crippen molar-refractivity contribution in [2.75, 3.05) is 26.7 Å². The molecule has 5 nitrogen and oxygen atoms in total. The van der Waals surface area contributed by atoms with E-state index in [-0.39, 0.29) is 0 Å².